The standard InChI is InChI=1S/C12H16ClN3O4/c1-3-20-11(17)8-9(18-2)10(15-12(13)14-8)16-4-6-19-7-5-16/h3-7H2,1-2H3. The van der Waals surface area contributed by atoms with E-state index in [0.717, 1.165) is 0 Å². The maximum absolute atomic E-state index is 11.9. The molecule has 20 heavy (non-hydrogen) atoms. The van der Waals surface area contributed by atoms with Gasteiger partial charge in [0.05, 0.1) is 26.9 Å². The molecule has 2 rings (SSSR count). The smallest absolute Gasteiger partial charge is 0.361 e. The highest BCUT2D eigenvalue weighted by Gasteiger charge is 2.26. The van der Waals surface area contributed by atoms with Gasteiger partial charge in [-0.25, -0.2) is 9.78 Å². The Hall–Kier alpha value is -1.60. The molecule has 8 heteroatoms. The second-order valence-corrected chi connectivity index (χ2v) is 4.36. The molecule has 1 saturated heterocycles. The predicted molar refractivity (Wildman–Crippen MR) is 72.6 cm³/mol. The van der Waals surface area contributed by atoms with Gasteiger partial charge in [-0.05, 0) is 18.5 Å². The molecule has 1 aliphatic heterocycles. The predicted octanol–water partition coefficient (Wildman–Crippen LogP) is 1.15. The van der Waals surface area contributed by atoms with E-state index in [-0.39, 0.29) is 23.3 Å². The minimum absolute atomic E-state index is 0.0182. The molecule has 0 spiro atoms. The van der Waals surface area contributed by atoms with Crippen molar-refractivity contribution in [2.24, 2.45) is 0 Å². The fraction of sp³-hybridized carbons (Fsp3) is 0.583. The zero-order valence-electron chi connectivity index (χ0n) is 11.4. The summed E-state index contributed by atoms with van der Waals surface area (Å²) >= 11 is 5.90. The molecule has 1 aliphatic rings. The normalized spacial score (nSPS) is 15.1. The van der Waals surface area contributed by atoms with Crippen molar-refractivity contribution in [3.63, 3.8) is 0 Å². The van der Waals surface area contributed by atoms with Crippen molar-refractivity contribution in [3.8, 4) is 5.75 Å². The highest BCUT2D eigenvalue weighted by Crippen LogP contribution is 2.31. The number of nitrogens with zero attached hydrogens (tertiary/aromatic N) is 3. The van der Waals surface area contributed by atoms with Gasteiger partial charge in [0.1, 0.15) is 0 Å². The number of carbonyl (C=O) groups is 1. The minimum atomic E-state index is -0.580. The van der Waals surface area contributed by atoms with Crippen molar-refractivity contribution in [2.45, 2.75) is 6.92 Å². The fourth-order valence-corrected chi connectivity index (χ4v) is 2.09. The third-order valence-electron chi connectivity index (χ3n) is 2.80. The molecule has 1 aromatic rings. The van der Waals surface area contributed by atoms with Gasteiger partial charge in [-0.3, -0.25) is 0 Å². The number of hydrogen-bond acceptors (Lipinski definition) is 7. The first-order valence-corrected chi connectivity index (χ1v) is 6.66. The van der Waals surface area contributed by atoms with Gasteiger partial charge < -0.3 is 19.1 Å². The van der Waals surface area contributed by atoms with E-state index >= 15 is 0 Å². The Kier molecular flexibility index (Phi) is 4.97. The monoisotopic (exact) mass is 301 g/mol. The molecule has 1 fully saturated rings. The molecule has 0 atom stereocenters. The van der Waals surface area contributed by atoms with Crippen LogP contribution in [0.25, 0.3) is 0 Å². The Morgan fingerprint density at radius 1 is 1.40 bits per heavy atom. The maximum atomic E-state index is 11.9. The summed E-state index contributed by atoms with van der Waals surface area (Å²) in [4.78, 5) is 21.9. The molecule has 2 heterocycles. The van der Waals surface area contributed by atoms with Crippen LogP contribution in [0.1, 0.15) is 17.4 Å². The number of hydrogen-bond donors (Lipinski definition) is 0. The molecule has 110 valence electrons. The maximum Gasteiger partial charge on any atom is 0.361 e. The van der Waals surface area contributed by atoms with Crippen LogP contribution < -0.4 is 9.64 Å². The Labute approximate surface area is 121 Å². The van der Waals surface area contributed by atoms with E-state index in [2.05, 4.69) is 9.97 Å². The van der Waals surface area contributed by atoms with Gasteiger partial charge in [0.2, 0.25) is 5.28 Å². The van der Waals surface area contributed by atoms with Crippen LogP contribution in [0.15, 0.2) is 0 Å². The molecule has 1 aromatic heterocycles. The van der Waals surface area contributed by atoms with E-state index < -0.39 is 5.97 Å². The number of methoxy groups -OCH3 is 1. The van der Waals surface area contributed by atoms with E-state index in [1.165, 1.54) is 7.11 Å². The van der Waals surface area contributed by atoms with E-state index in [9.17, 15) is 4.79 Å². The van der Waals surface area contributed by atoms with Crippen molar-refractivity contribution >= 4 is 23.4 Å². The van der Waals surface area contributed by atoms with Crippen LogP contribution in [0.3, 0.4) is 0 Å². The summed E-state index contributed by atoms with van der Waals surface area (Å²) in [5.41, 5.74) is 0.0378. The first-order valence-electron chi connectivity index (χ1n) is 6.28. The summed E-state index contributed by atoms with van der Waals surface area (Å²) in [5, 5.41) is -0.0182. The van der Waals surface area contributed by atoms with Crippen LogP contribution in [0.2, 0.25) is 5.28 Å². The summed E-state index contributed by atoms with van der Waals surface area (Å²) in [7, 11) is 1.46. The molecule has 0 bridgehead atoms. The van der Waals surface area contributed by atoms with Gasteiger partial charge in [-0.15, -0.1) is 0 Å². The molecule has 7 nitrogen and oxygen atoms in total. The average molecular weight is 302 g/mol. The molecular weight excluding hydrogens is 286 g/mol. The third kappa shape index (κ3) is 3.10. The Morgan fingerprint density at radius 2 is 2.10 bits per heavy atom. The van der Waals surface area contributed by atoms with Crippen LogP contribution in [0.5, 0.6) is 5.75 Å². The topological polar surface area (TPSA) is 73.8 Å². The molecule has 0 unspecified atom stereocenters. The Morgan fingerprint density at radius 3 is 2.70 bits per heavy atom. The lowest BCUT2D eigenvalue weighted by Gasteiger charge is -2.29. The second-order valence-electron chi connectivity index (χ2n) is 4.02. The lowest BCUT2D eigenvalue weighted by Crippen LogP contribution is -2.37. The zero-order chi connectivity index (χ0) is 14.5. The summed E-state index contributed by atoms with van der Waals surface area (Å²) < 4.78 is 15.5. The first kappa shape index (κ1) is 14.8. The van der Waals surface area contributed by atoms with Gasteiger partial charge in [0.15, 0.2) is 17.3 Å². The average Bonchev–Trinajstić information content (AvgIpc) is 2.47. The lowest BCUT2D eigenvalue weighted by molar-refractivity contribution is 0.0515. The summed E-state index contributed by atoms with van der Waals surface area (Å²) in [5.74, 6) is 0.178. The minimum Gasteiger partial charge on any atom is -0.491 e. The van der Waals surface area contributed by atoms with Crippen LogP contribution in [-0.2, 0) is 9.47 Å². The highest BCUT2D eigenvalue weighted by molar-refractivity contribution is 6.28. The summed E-state index contributed by atoms with van der Waals surface area (Å²) in [6.07, 6.45) is 0. The van der Waals surface area contributed by atoms with Crippen LogP contribution in [0, 0.1) is 0 Å². The van der Waals surface area contributed by atoms with Gasteiger partial charge in [-0.1, -0.05) is 0 Å². The number of aromatic nitrogens is 2. The number of halogens is 1. The molecule has 0 amide bonds. The Balaban J connectivity index is 2.42. The molecule has 0 N–H and O–H groups in total. The number of esters is 1. The number of carbonyl (C=O) groups excluding carboxylic acids is 1. The molecule has 0 saturated carbocycles. The van der Waals surface area contributed by atoms with E-state index in [0.29, 0.717) is 32.1 Å². The second kappa shape index (κ2) is 6.71. The van der Waals surface area contributed by atoms with Gasteiger partial charge in [-0.2, -0.15) is 4.98 Å². The number of rotatable bonds is 4. The SMILES string of the molecule is CCOC(=O)c1nc(Cl)nc(N2CCOCC2)c1OC. The van der Waals surface area contributed by atoms with E-state index in [1.54, 1.807) is 6.92 Å². The molecular formula is C12H16ClN3O4. The van der Waals surface area contributed by atoms with Crippen molar-refractivity contribution in [3.05, 3.63) is 11.0 Å². The molecule has 0 aliphatic carbocycles. The van der Waals surface area contributed by atoms with Gasteiger partial charge in [0, 0.05) is 13.1 Å². The quantitative estimate of drug-likeness (QED) is 0.610. The van der Waals surface area contributed by atoms with Gasteiger partial charge in [0.25, 0.3) is 0 Å². The van der Waals surface area contributed by atoms with Crippen LogP contribution in [-0.4, -0.2) is 56.0 Å². The van der Waals surface area contributed by atoms with E-state index in [4.69, 9.17) is 25.8 Å². The van der Waals surface area contributed by atoms with Crippen molar-refractivity contribution in [2.75, 3.05) is 44.9 Å². The van der Waals surface area contributed by atoms with Crippen molar-refractivity contribution in [1.82, 2.24) is 9.97 Å². The van der Waals surface area contributed by atoms with Crippen LogP contribution in [0.4, 0.5) is 5.82 Å². The summed E-state index contributed by atoms with van der Waals surface area (Å²) in [6.45, 7) is 4.42. The lowest BCUT2D eigenvalue weighted by atomic mass is 10.3. The largest absolute Gasteiger partial charge is 0.491 e. The number of anilines is 1. The highest BCUT2D eigenvalue weighted by atomic mass is 35.5. The fourth-order valence-electron chi connectivity index (χ4n) is 1.93. The van der Waals surface area contributed by atoms with Crippen LogP contribution >= 0.6 is 11.6 Å². The van der Waals surface area contributed by atoms with Crippen molar-refractivity contribution < 1.29 is 19.0 Å². The number of morpholine rings is 1. The van der Waals surface area contributed by atoms with E-state index in [1.807, 2.05) is 4.90 Å². The number of ether oxygens (including phenoxy) is 3. The Bertz CT molecular complexity index is 492. The zero-order valence-corrected chi connectivity index (χ0v) is 12.1. The van der Waals surface area contributed by atoms with Gasteiger partial charge >= 0.3 is 5.97 Å². The van der Waals surface area contributed by atoms with Crippen molar-refractivity contribution in [1.29, 1.82) is 0 Å². The molecule has 0 radical (unpaired) electrons. The third-order valence-corrected chi connectivity index (χ3v) is 2.97. The first-order chi connectivity index (χ1) is 9.67. The molecule has 0 aromatic carbocycles. The summed E-state index contributed by atoms with van der Waals surface area (Å²) in [6, 6.07) is 0.